The van der Waals surface area contributed by atoms with Crippen LogP contribution in [0.4, 0.5) is 10.5 Å². The predicted molar refractivity (Wildman–Crippen MR) is 118 cm³/mol. The van der Waals surface area contributed by atoms with Gasteiger partial charge in [-0.1, -0.05) is 0 Å². The summed E-state index contributed by atoms with van der Waals surface area (Å²) < 4.78 is 0. The second-order valence-electron chi connectivity index (χ2n) is 7.65. The normalized spacial score (nSPS) is 16.6. The molecule has 4 rings (SSSR count). The average Bonchev–Trinajstić information content (AvgIpc) is 2.80. The van der Waals surface area contributed by atoms with Crippen LogP contribution >= 0.6 is 0 Å². The van der Waals surface area contributed by atoms with E-state index in [1.54, 1.807) is 23.5 Å². The molecule has 156 valence electrons. The fraction of sp³-hybridized carbons (Fsp3) is 0.391. The first kappa shape index (κ1) is 20.1. The van der Waals surface area contributed by atoms with Crippen LogP contribution < -0.4 is 5.32 Å². The molecular weight excluding hydrogens is 378 g/mol. The first-order chi connectivity index (χ1) is 14.6. The van der Waals surface area contributed by atoms with Gasteiger partial charge in [0.25, 0.3) is 0 Å². The second-order valence-corrected chi connectivity index (χ2v) is 7.65. The maximum Gasteiger partial charge on any atom is 0.321 e. The van der Waals surface area contributed by atoms with E-state index in [0.717, 1.165) is 40.2 Å². The van der Waals surface area contributed by atoms with Gasteiger partial charge in [0.05, 0.1) is 17.1 Å². The molecular formula is C23H27N5O2. The zero-order valence-corrected chi connectivity index (χ0v) is 17.5. The minimum Gasteiger partial charge on any atom is -0.343 e. The molecule has 3 heterocycles. The van der Waals surface area contributed by atoms with Gasteiger partial charge in [-0.05, 0) is 56.3 Å². The SMILES string of the molecule is CCN(CC)C(=O)C1CCCN(C(=O)Nc2cc3ccncc3c3ncccc23)C1. The monoisotopic (exact) mass is 405 g/mol. The molecule has 1 N–H and O–H groups in total. The molecule has 1 saturated heterocycles. The van der Waals surface area contributed by atoms with E-state index in [2.05, 4.69) is 15.3 Å². The smallest absolute Gasteiger partial charge is 0.321 e. The van der Waals surface area contributed by atoms with Crippen molar-refractivity contribution in [2.45, 2.75) is 26.7 Å². The number of rotatable bonds is 4. The van der Waals surface area contributed by atoms with Gasteiger partial charge >= 0.3 is 6.03 Å². The van der Waals surface area contributed by atoms with Crippen LogP contribution in [0, 0.1) is 5.92 Å². The molecule has 3 aromatic rings. The first-order valence-corrected chi connectivity index (χ1v) is 10.6. The number of benzene rings is 1. The van der Waals surface area contributed by atoms with Crippen LogP contribution in [0.15, 0.2) is 42.9 Å². The van der Waals surface area contributed by atoms with Crippen LogP contribution in [-0.2, 0) is 4.79 Å². The zero-order chi connectivity index (χ0) is 21.1. The average molecular weight is 406 g/mol. The summed E-state index contributed by atoms with van der Waals surface area (Å²) in [5.41, 5.74) is 1.53. The third-order valence-corrected chi connectivity index (χ3v) is 5.88. The number of piperidine rings is 1. The highest BCUT2D eigenvalue weighted by atomic mass is 16.2. The molecule has 7 nitrogen and oxygen atoms in total. The number of hydrogen-bond acceptors (Lipinski definition) is 4. The summed E-state index contributed by atoms with van der Waals surface area (Å²) in [6.45, 7) is 6.48. The predicted octanol–water partition coefficient (Wildman–Crippen LogP) is 3.90. The molecule has 0 saturated carbocycles. The van der Waals surface area contributed by atoms with Crippen molar-refractivity contribution in [3.8, 4) is 0 Å². The number of nitrogens with one attached hydrogen (secondary N) is 1. The summed E-state index contributed by atoms with van der Waals surface area (Å²) in [7, 11) is 0. The molecule has 0 radical (unpaired) electrons. The third-order valence-electron chi connectivity index (χ3n) is 5.88. The number of aromatic nitrogens is 2. The maximum absolute atomic E-state index is 13.1. The van der Waals surface area contributed by atoms with Crippen LogP contribution in [0.25, 0.3) is 21.7 Å². The van der Waals surface area contributed by atoms with E-state index in [0.29, 0.717) is 26.2 Å². The summed E-state index contributed by atoms with van der Waals surface area (Å²) in [5.74, 6) is 0.0100. The van der Waals surface area contributed by atoms with E-state index in [1.165, 1.54) is 0 Å². The number of anilines is 1. The fourth-order valence-corrected chi connectivity index (χ4v) is 4.25. The van der Waals surface area contributed by atoms with Crippen molar-refractivity contribution in [1.82, 2.24) is 19.8 Å². The zero-order valence-electron chi connectivity index (χ0n) is 17.5. The topological polar surface area (TPSA) is 78.4 Å². The minimum absolute atomic E-state index is 0.134. The minimum atomic E-state index is -0.175. The molecule has 3 amide bonds. The van der Waals surface area contributed by atoms with E-state index < -0.39 is 0 Å². The molecule has 1 unspecified atom stereocenters. The van der Waals surface area contributed by atoms with Gasteiger partial charge in [0.15, 0.2) is 0 Å². The van der Waals surface area contributed by atoms with E-state index in [4.69, 9.17) is 0 Å². The van der Waals surface area contributed by atoms with Crippen molar-refractivity contribution >= 4 is 39.3 Å². The Bertz CT molecular complexity index is 1080. The van der Waals surface area contributed by atoms with Crippen LogP contribution in [0.3, 0.4) is 0 Å². The van der Waals surface area contributed by atoms with Gasteiger partial charge in [0.2, 0.25) is 5.91 Å². The highest BCUT2D eigenvalue weighted by Gasteiger charge is 2.30. The van der Waals surface area contributed by atoms with Crippen molar-refractivity contribution in [2.75, 3.05) is 31.5 Å². The van der Waals surface area contributed by atoms with Crippen LogP contribution in [0.2, 0.25) is 0 Å². The highest BCUT2D eigenvalue weighted by molar-refractivity contribution is 6.13. The summed E-state index contributed by atoms with van der Waals surface area (Å²) in [4.78, 5) is 38.2. The van der Waals surface area contributed by atoms with Crippen LogP contribution in [-0.4, -0.2) is 57.9 Å². The van der Waals surface area contributed by atoms with Crippen LogP contribution in [0.1, 0.15) is 26.7 Å². The van der Waals surface area contributed by atoms with Gasteiger partial charge in [-0.25, -0.2) is 4.79 Å². The number of likely N-dealkylation sites (tertiary alicyclic amines) is 1. The molecule has 1 aliphatic heterocycles. The second kappa shape index (κ2) is 8.65. The Hall–Kier alpha value is -3.22. The molecule has 30 heavy (non-hydrogen) atoms. The number of carbonyl (C=O) groups is 2. The number of nitrogens with zero attached hydrogens (tertiary/aromatic N) is 4. The molecule has 1 aliphatic rings. The standard InChI is InChI=1S/C23H27N5O2/c1-3-27(4-2)22(29)17-7-6-12-28(15-17)23(30)26-20-13-16-9-11-24-14-19(16)21-18(20)8-5-10-25-21/h5,8-11,13-14,17H,3-4,6-7,12,15H2,1-2H3,(H,26,30). The first-order valence-electron chi connectivity index (χ1n) is 10.6. The van der Waals surface area contributed by atoms with E-state index in [9.17, 15) is 9.59 Å². The molecule has 0 aliphatic carbocycles. The Labute approximate surface area is 176 Å². The lowest BCUT2D eigenvalue weighted by Crippen LogP contribution is -2.47. The highest BCUT2D eigenvalue weighted by Crippen LogP contribution is 2.30. The summed E-state index contributed by atoms with van der Waals surface area (Å²) in [6, 6.07) is 7.51. The number of amides is 3. The van der Waals surface area contributed by atoms with Crippen molar-refractivity contribution in [1.29, 1.82) is 0 Å². The van der Waals surface area contributed by atoms with Crippen molar-refractivity contribution in [3.05, 3.63) is 42.9 Å². The lowest BCUT2D eigenvalue weighted by Gasteiger charge is -2.34. The molecule has 2 aromatic heterocycles. The maximum atomic E-state index is 13.1. The number of carbonyl (C=O) groups excluding carboxylic acids is 2. The lowest BCUT2D eigenvalue weighted by molar-refractivity contribution is -0.136. The molecule has 1 aromatic carbocycles. The van der Waals surface area contributed by atoms with Crippen molar-refractivity contribution < 1.29 is 9.59 Å². The molecule has 1 fully saturated rings. The molecule has 0 bridgehead atoms. The summed E-state index contributed by atoms with van der Waals surface area (Å²) in [5, 5.41) is 5.86. The number of urea groups is 1. The Morgan fingerprint density at radius 1 is 1.20 bits per heavy atom. The van der Waals surface area contributed by atoms with Crippen LogP contribution in [0.5, 0.6) is 0 Å². The quantitative estimate of drug-likeness (QED) is 0.668. The summed E-state index contributed by atoms with van der Waals surface area (Å²) >= 11 is 0. The van der Waals surface area contributed by atoms with Crippen molar-refractivity contribution in [2.24, 2.45) is 5.92 Å². The Morgan fingerprint density at radius 3 is 2.83 bits per heavy atom. The molecule has 7 heteroatoms. The van der Waals surface area contributed by atoms with E-state index in [-0.39, 0.29) is 17.9 Å². The van der Waals surface area contributed by atoms with Crippen molar-refractivity contribution in [3.63, 3.8) is 0 Å². The molecule has 1 atom stereocenters. The van der Waals surface area contributed by atoms with Gasteiger partial charge in [0, 0.05) is 55.5 Å². The van der Waals surface area contributed by atoms with Gasteiger partial charge in [0.1, 0.15) is 0 Å². The number of pyridine rings is 2. The van der Waals surface area contributed by atoms with E-state index in [1.807, 2.05) is 43.0 Å². The number of fused-ring (bicyclic) bond motifs is 3. The molecule has 0 spiro atoms. The third kappa shape index (κ3) is 3.79. The van der Waals surface area contributed by atoms with Gasteiger partial charge in [-0.2, -0.15) is 0 Å². The van der Waals surface area contributed by atoms with Gasteiger partial charge in [-0.3, -0.25) is 14.8 Å². The Kier molecular flexibility index (Phi) is 5.79. The Morgan fingerprint density at radius 2 is 2.03 bits per heavy atom. The summed E-state index contributed by atoms with van der Waals surface area (Å²) in [6.07, 6.45) is 6.93. The van der Waals surface area contributed by atoms with Gasteiger partial charge in [-0.15, -0.1) is 0 Å². The largest absolute Gasteiger partial charge is 0.343 e. The lowest BCUT2D eigenvalue weighted by atomic mass is 9.96. The number of hydrogen-bond donors (Lipinski definition) is 1. The Balaban J connectivity index is 1.57. The van der Waals surface area contributed by atoms with Gasteiger partial charge < -0.3 is 15.1 Å². The van der Waals surface area contributed by atoms with E-state index >= 15 is 0 Å². The fourth-order valence-electron chi connectivity index (χ4n) is 4.25.